The van der Waals surface area contributed by atoms with Gasteiger partial charge in [0, 0.05) is 36.2 Å². The number of carbonyl (C=O) groups is 5. The Hall–Kier alpha value is -6.45. The highest BCUT2D eigenvalue weighted by molar-refractivity contribution is 6.05. The molecule has 0 fully saturated rings. The lowest BCUT2D eigenvalue weighted by Crippen LogP contribution is -2.50. The number of para-hydroxylation sites is 1. The fourth-order valence-electron chi connectivity index (χ4n) is 5.00. The van der Waals surface area contributed by atoms with Crippen LogP contribution in [0.25, 0.3) is 0 Å². The molecule has 0 radical (unpaired) electrons. The number of likely N-dealkylation sites (N-methyl/N-ethyl adjacent to an activating group) is 2. The molecular formula is C37H40N5O10+. The van der Waals surface area contributed by atoms with E-state index in [1.165, 1.54) is 50.4 Å². The Morgan fingerprint density at radius 2 is 1.50 bits per heavy atom. The number of anilines is 3. The number of carboxylic acids is 1. The predicted molar refractivity (Wildman–Crippen MR) is 193 cm³/mol. The summed E-state index contributed by atoms with van der Waals surface area (Å²) in [6, 6.07) is 25.1. The second-order valence-electron chi connectivity index (χ2n) is 11.5. The van der Waals surface area contributed by atoms with Crippen LogP contribution in [0, 0.1) is 0 Å². The molecule has 4 aromatic carbocycles. The molecular weight excluding hydrogens is 674 g/mol. The number of quaternary nitrogens is 1. The van der Waals surface area contributed by atoms with Gasteiger partial charge in [0.1, 0.15) is 25.1 Å². The molecule has 0 heterocycles. The van der Waals surface area contributed by atoms with Gasteiger partial charge in [0.05, 0.1) is 27.2 Å². The first-order valence-corrected chi connectivity index (χ1v) is 15.9. The van der Waals surface area contributed by atoms with Gasteiger partial charge in [0.25, 0.3) is 0 Å². The molecule has 52 heavy (non-hydrogen) atoms. The van der Waals surface area contributed by atoms with Crippen molar-refractivity contribution in [3.63, 3.8) is 0 Å². The maximum Gasteiger partial charge on any atom is 0.388 e. The summed E-state index contributed by atoms with van der Waals surface area (Å²) in [4.78, 5) is 66.7. The normalized spacial score (nSPS) is 11.7. The Kier molecular flexibility index (Phi) is 12.9. The van der Waals surface area contributed by atoms with Gasteiger partial charge in [-0.2, -0.15) is 0 Å². The molecule has 15 nitrogen and oxygen atoms in total. The number of benzene rings is 4. The Morgan fingerprint density at radius 3 is 2.19 bits per heavy atom. The van der Waals surface area contributed by atoms with Crippen molar-refractivity contribution in [2.75, 3.05) is 63.1 Å². The number of urea groups is 1. The third kappa shape index (κ3) is 10.1. The van der Waals surface area contributed by atoms with Crippen LogP contribution in [0.2, 0.25) is 0 Å². The van der Waals surface area contributed by atoms with Crippen molar-refractivity contribution in [2.45, 2.75) is 6.42 Å². The third-order valence-electron chi connectivity index (χ3n) is 7.88. The summed E-state index contributed by atoms with van der Waals surface area (Å²) in [7, 11) is 5.67. The summed E-state index contributed by atoms with van der Waals surface area (Å²) < 4.78 is 15.1. The Bertz CT molecular complexity index is 1920. The number of amides is 5. The molecule has 4 N–H and O–H groups in total. The van der Waals surface area contributed by atoms with Crippen molar-refractivity contribution in [3.8, 4) is 17.2 Å². The van der Waals surface area contributed by atoms with Crippen LogP contribution in [0.1, 0.15) is 5.56 Å². The van der Waals surface area contributed by atoms with Gasteiger partial charge >= 0.3 is 17.9 Å². The summed E-state index contributed by atoms with van der Waals surface area (Å²) in [5.41, 5.74) is 1.73. The average molecular weight is 715 g/mol. The summed E-state index contributed by atoms with van der Waals surface area (Å²) in [6.45, 7) is -1.53. The summed E-state index contributed by atoms with van der Waals surface area (Å²) >= 11 is 0. The molecule has 0 saturated carbocycles. The quantitative estimate of drug-likeness (QED) is 0.0795. The number of rotatable bonds is 15. The second-order valence-corrected chi connectivity index (χ2v) is 11.5. The zero-order valence-corrected chi connectivity index (χ0v) is 29.1. The minimum atomic E-state index is -1.22. The molecule has 4 rings (SSSR count). The van der Waals surface area contributed by atoms with Crippen LogP contribution in [-0.2, 0) is 25.6 Å². The number of aliphatic carboxylic acids is 1. The number of nitrogens with one attached hydrogen (secondary N) is 2. The molecule has 15 heteroatoms. The highest BCUT2D eigenvalue weighted by Gasteiger charge is 2.37. The average Bonchev–Trinajstić information content (AvgIpc) is 3.14. The van der Waals surface area contributed by atoms with Gasteiger partial charge in [-0.25, -0.2) is 14.8 Å². The number of carbonyl (C=O) groups excluding carboxylic acids is 4. The summed E-state index contributed by atoms with van der Waals surface area (Å²) in [5, 5.41) is 25.3. The summed E-state index contributed by atoms with van der Waals surface area (Å²) in [6.07, 6.45) is -0.234. The van der Waals surface area contributed by atoms with E-state index in [1.807, 2.05) is 0 Å². The zero-order valence-electron chi connectivity index (χ0n) is 29.1. The maximum atomic E-state index is 13.6. The number of hydrogen-bond acceptors (Lipinski definition) is 9. The van der Waals surface area contributed by atoms with Gasteiger partial charge in [-0.3, -0.25) is 14.4 Å². The molecule has 0 bridgehead atoms. The van der Waals surface area contributed by atoms with Crippen LogP contribution in [0.15, 0.2) is 97.1 Å². The molecule has 0 aliphatic heterocycles. The van der Waals surface area contributed by atoms with E-state index in [2.05, 4.69) is 10.6 Å². The molecule has 0 aromatic heterocycles. The van der Waals surface area contributed by atoms with Gasteiger partial charge in [-0.1, -0.05) is 41.0 Å². The number of hydrogen-bond donors (Lipinski definition) is 4. The zero-order chi connectivity index (χ0) is 37.8. The molecule has 5 amide bonds. The number of carboxylic acid groups (broad SMARTS) is 1. The number of ether oxygens (including phenoxy) is 3. The minimum Gasteiger partial charge on any atom is -0.497 e. The van der Waals surface area contributed by atoms with Crippen LogP contribution in [0.5, 0.6) is 17.2 Å². The van der Waals surface area contributed by atoms with Crippen molar-refractivity contribution in [3.05, 3.63) is 103 Å². The molecule has 1 atom stereocenters. The van der Waals surface area contributed by atoms with Crippen LogP contribution in [0.4, 0.5) is 27.5 Å². The lowest BCUT2D eigenvalue weighted by molar-refractivity contribution is -0.158. The first-order valence-electron chi connectivity index (χ1n) is 15.9. The molecule has 4 aromatic rings. The van der Waals surface area contributed by atoms with E-state index in [1.54, 1.807) is 79.8 Å². The van der Waals surface area contributed by atoms with Crippen LogP contribution < -0.4 is 39.3 Å². The number of hydroxylamine groups is 2. The van der Waals surface area contributed by atoms with Crippen LogP contribution in [0.3, 0.4) is 0 Å². The molecule has 1 unspecified atom stereocenters. The second kappa shape index (κ2) is 17.5. The lowest BCUT2D eigenvalue weighted by Gasteiger charge is -2.26. The van der Waals surface area contributed by atoms with E-state index in [-0.39, 0.29) is 29.3 Å². The van der Waals surface area contributed by atoms with Crippen LogP contribution >= 0.6 is 0 Å². The fourth-order valence-corrected chi connectivity index (χ4v) is 5.00. The van der Waals surface area contributed by atoms with Crippen LogP contribution in [-0.4, -0.2) is 88.0 Å². The highest BCUT2D eigenvalue weighted by Crippen LogP contribution is 2.35. The van der Waals surface area contributed by atoms with E-state index >= 15 is 0 Å². The van der Waals surface area contributed by atoms with E-state index in [0.717, 1.165) is 4.90 Å². The van der Waals surface area contributed by atoms with Crippen molar-refractivity contribution >= 4 is 52.5 Å². The minimum absolute atomic E-state index is 0.117. The largest absolute Gasteiger partial charge is 0.497 e. The summed E-state index contributed by atoms with van der Waals surface area (Å²) in [5.74, 6) is -2.09. The third-order valence-corrected chi connectivity index (χ3v) is 7.88. The van der Waals surface area contributed by atoms with E-state index in [9.17, 15) is 29.2 Å². The van der Waals surface area contributed by atoms with Crippen molar-refractivity contribution in [1.29, 1.82) is 0 Å². The smallest absolute Gasteiger partial charge is 0.388 e. The predicted octanol–water partition coefficient (Wildman–Crippen LogP) is 4.08. The van der Waals surface area contributed by atoms with Gasteiger partial charge in [0.15, 0.2) is 5.75 Å². The number of nitrogens with zero attached hydrogens (tertiary/aromatic N) is 3. The standard InChI is InChI=1S/C37H39N5O10/c1-40(27-12-6-5-7-13-27)34(44)23-41(33(43)22-38-37(48)39-26-11-8-10-25(18-26)19-36(46)47)28-14-9-15-30(20-28)52-24-35(45)42(2,49)31-21-29(50-3)16-17-32(31)51-4/h5-18,20-21,49H,19,22-24H2,1-4H3,(H2-,38,39,46,47,48)/p+1. The Balaban J connectivity index is 1.51. The van der Waals surface area contributed by atoms with Gasteiger partial charge < -0.3 is 39.8 Å². The molecule has 272 valence electrons. The Morgan fingerprint density at radius 1 is 0.788 bits per heavy atom. The lowest BCUT2D eigenvalue weighted by atomic mass is 10.1. The first-order chi connectivity index (χ1) is 24.8. The van der Waals surface area contributed by atoms with E-state index in [0.29, 0.717) is 22.7 Å². The van der Waals surface area contributed by atoms with E-state index in [4.69, 9.17) is 19.3 Å². The first kappa shape index (κ1) is 38.4. The van der Waals surface area contributed by atoms with Crippen molar-refractivity contribution < 1.29 is 48.5 Å². The van der Waals surface area contributed by atoms with Gasteiger partial charge in [-0.05, 0) is 54.1 Å². The maximum absolute atomic E-state index is 13.6. The fraction of sp³-hybridized carbons (Fsp3) is 0.216. The monoisotopic (exact) mass is 714 g/mol. The Labute approximate surface area is 300 Å². The SMILES string of the molecule is COc1ccc(OC)c([N+](C)(O)C(=O)COc2cccc(N(CC(=O)N(C)c3ccccc3)C(=O)CNC(=O)Nc3cccc(CC(=O)O)c3)c2)c1. The number of methoxy groups -OCH3 is 2. The van der Waals surface area contributed by atoms with Crippen molar-refractivity contribution in [2.24, 2.45) is 0 Å². The molecule has 0 aliphatic rings. The van der Waals surface area contributed by atoms with Gasteiger partial charge in [0.2, 0.25) is 24.1 Å². The topological polar surface area (TPSA) is 184 Å². The van der Waals surface area contributed by atoms with Crippen molar-refractivity contribution in [1.82, 2.24) is 9.96 Å². The van der Waals surface area contributed by atoms with Gasteiger partial charge in [-0.15, -0.1) is 0 Å². The molecule has 0 saturated heterocycles. The molecule has 0 aliphatic carbocycles. The molecule has 0 spiro atoms. The van der Waals surface area contributed by atoms with E-state index < -0.39 is 54.1 Å². The highest BCUT2D eigenvalue weighted by atomic mass is 16.6.